The molecule has 25 heavy (non-hydrogen) atoms. The number of thiophene rings is 1. The minimum absolute atomic E-state index is 0.0644. The molecule has 0 saturated heterocycles. The van der Waals surface area contributed by atoms with Crippen molar-refractivity contribution in [3.8, 4) is 6.07 Å². The van der Waals surface area contributed by atoms with Gasteiger partial charge in [0.15, 0.2) is 0 Å². The van der Waals surface area contributed by atoms with Crippen LogP contribution in [0.1, 0.15) is 22.2 Å². The number of nitrogens with zero attached hydrogens (tertiary/aromatic N) is 1. The average Bonchev–Trinajstić information content (AvgIpc) is 3.13. The van der Waals surface area contributed by atoms with Crippen molar-refractivity contribution in [1.82, 2.24) is 10.6 Å². The Kier molecular flexibility index (Phi) is 6.48. The Bertz CT molecular complexity index is 786. The lowest BCUT2D eigenvalue weighted by molar-refractivity contribution is -0.122. The molecule has 0 aliphatic carbocycles. The van der Waals surface area contributed by atoms with Gasteiger partial charge in [-0.15, -0.1) is 11.3 Å². The van der Waals surface area contributed by atoms with Crippen LogP contribution in [0.4, 0.5) is 10.1 Å². The molecule has 1 heterocycles. The van der Waals surface area contributed by atoms with Crippen LogP contribution < -0.4 is 16.0 Å². The Morgan fingerprint density at radius 2 is 2.08 bits per heavy atom. The summed E-state index contributed by atoms with van der Waals surface area (Å²) in [5.41, 5.74) is 0.307. The molecule has 0 radical (unpaired) electrons. The van der Waals surface area contributed by atoms with Gasteiger partial charge in [-0.25, -0.2) is 4.39 Å². The van der Waals surface area contributed by atoms with E-state index in [1.165, 1.54) is 23.5 Å². The number of anilines is 1. The van der Waals surface area contributed by atoms with Crippen molar-refractivity contribution < 1.29 is 14.0 Å². The number of hydrogen-bond acceptors (Lipinski definition) is 5. The zero-order chi connectivity index (χ0) is 18.2. The predicted molar refractivity (Wildman–Crippen MR) is 93.9 cm³/mol. The standard InChI is InChI=1S/C17H17FN4O2S/c1-11(22-17(24)15-6-3-9-25-15)16(23)21-8-7-20-14-5-2-4-13(18)12(14)10-19/h2-6,9,11,20H,7-8H2,1H3,(H,21,23)(H,22,24)/t11-/m0/s1. The second kappa shape index (κ2) is 8.80. The number of benzene rings is 1. The van der Waals surface area contributed by atoms with Gasteiger partial charge in [-0.1, -0.05) is 12.1 Å². The third kappa shape index (κ3) is 5.02. The van der Waals surface area contributed by atoms with E-state index in [0.29, 0.717) is 17.1 Å². The Morgan fingerprint density at radius 3 is 2.76 bits per heavy atom. The third-order valence-electron chi connectivity index (χ3n) is 3.35. The normalized spacial score (nSPS) is 11.2. The molecule has 2 aromatic rings. The predicted octanol–water partition coefficient (Wildman–Crippen LogP) is 2.11. The van der Waals surface area contributed by atoms with Crippen molar-refractivity contribution in [2.24, 2.45) is 0 Å². The van der Waals surface area contributed by atoms with Gasteiger partial charge < -0.3 is 16.0 Å². The lowest BCUT2D eigenvalue weighted by atomic mass is 10.2. The minimum Gasteiger partial charge on any atom is -0.382 e. The monoisotopic (exact) mass is 360 g/mol. The summed E-state index contributed by atoms with van der Waals surface area (Å²) in [5.74, 6) is -1.22. The van der Waals surface area contributed by atoms with Crippen LogP contribution in [0.25, 0.3) is 0 Å². The van der Waals surface area contributed by atoms with Crippen LogP contribution in [0.5, 0.6) is 0 Å². The molecule has 2 rings (SSSR count). The van der Waals surface area contributed by atoms with Crippen LogP contribution in [-0.4, -0.2) is 30.9 Å². The fourth-order valence-electron chi connectivity index (χ4n) is 2.06. The molecule has 3 N–H and O–H groups in total. The summed E-state index contributed by atoms with van der Waals surface area (Å²) < 4.78 is 13.5. The molecule has 0 saturated carbocycles. The van der Waals surface area contributed by atoms with E-state index >= 15 is 0 Å². The quantitative estimate of drug-likeness (QED) is 0.659. The Hall–Kier alpha value is -2.92. The topological polar surface area (TPSA) is 94.0 Å². The third-order valence-corrected chi connectivity index (χ3v) is 4.22. The van der Waals surface area contributed by atoms with Crippen molar-refractivity contribution in [2.75, 3.05) is 18.4 Å². The van der Waals surface area contributed by atoms with Crippen molar-refractivity contribution in [1.29, 1.82) is 5.26 Å². The van der Waals surface area contributed by atoms with Gasteiger partial charge in [0.25, 0.3) is 5.91 Å². The summed E-state index contributed by atoms with van der Waals surface area (Å²) in [4.78, 5) is 24.4. The van der Waals surface area contributed by atoms with Gasteiger partial charge in [0.05, 0.1) is 10.6 Å². The van der Waals surface area contributed by atoms with E-state index in [9.17, 15) is 14.0 Å². The van der Waals surface area contributed by atoms with Gasteiger partial charge in [0, 0.05) is 13.1 Å². The molecular weight excluding hydrogens is 343 g/mol. The Labute approximate surface area is 148 Å². The Balaban J connectivity index is 1.76. The largest absolute Gasteiger partial charge is 0.382 e. The molecule has 1 aromatic carbocycles. The highest BCUT2D eigenvalue weighted by molar-refractivity contribution is 7.12. The number of carbonyl (C=O) groups excluding carboxylic acids is 2. The number of carbonyl (C=O) groups is 2. The van der Waals surface area contributed by atoms with E-state index in [0.717, 1.165) is 0 Å². The lowest BCUT2D eigenvalue weighted by Crippen LogP contribution is -2.45. The number of hydrogen-bond donors (Lipinski definition) is 3. The van der Waals surface area contributed by atoms with Crippen LogP contribution in [0.2, 0.25) is 0 Å². The molecule has 6 nitrogen and oxygen atoms in total. The molecule has 0 aliphatic rings. The summed E-state index contributed by atoms with van der Waals surface area (Å²) in [6.45, 7) is 2.17. The minimum atomic E-state index is -0.682. The molecule has 0 fully saturated rings. The van der Waals surface area contributed by atoms with Gasteiger partial charge in [-0.2, -0.15) is 5.26 Å². The van der Waals surface area contributed by atoms with E-state index in [2.05, 4.69) is 16.0 Å². The molecule has 2 amide bonds. The lowest BCUT2D eigenvalue weighted by Gasteiger charge is -2.14. The average molecular weight is 360 g/mol. The summed E-state index contributed by atoms with van der Waals surface area (Å²) in [6, 6.07) is 8.86. The van der Waals surface area contributed by atoms with Crippen LogP contribution >= 0.6 is 11.3 Å². The first-order chi connectivity index (χ1) is 12.0. The van der Waals surface area contributed by atoms with Gasteiger partial charge in [-0.05, 0) is 30.5 Å². The molecule has 1 aromatic heterocycles. The maximum absolute atomic E-state index is 13.5. The van der Waals surface area contributed by atoms with Crippen molar-refractivity contribution in [2.45, 2.75) is 13.0 Å². The maximum atomic E-state index is 13.5. The number of halogens is 1. The Morgan fingerprint density at radius 1 is 1.28 bits per heavy atom. The molecule has 0 unspecified atom stereocenters. The van der Waals surface area contributed by atoms with Crippen molar-refractivity contribution in [3.05, 3.63) is 52.0 Å². The number of nitrogens with one attached hydrogen (secondary N) is 3. The van der Waals surface area contributed by atoms with E-state index in [1.54, 1.807) is 36.6 Å². The smallest absolute Gasteiger partial charge is 0.261 e. The van der Waals surface area contributed by atoms with Crippen LogP contribution in [-0.2, 0) is 4.79 Å². The van der Waals surface area contributed by atoms with E-state index in [-0.39, 0.29) is 23.9 Å². The zero-order valence-electron chi connectivity index (χ0n) is 13.5. The number of nitriles is 1. The summed E-state index contributed by atoms with van der Waals surface area (Å²) in [5, 5.41) is 18.9. The second-order valence-corrected chi connectivity index (χ2v) is 6.11. The molecule has 0 aliphatic heterocycles. The summed E-state index contributed by atoms with van der Waals surface area (Å²) in [7, 11) is 0. The summed E-state index contributed by atoms with van der Waals surface area (Å²) in [6.07, 6.45) is 0. The highest BCUT2D eigenvalue weighted by atomic mass is 32.1. The zero-order valence-corrected chi connectivity index (χ0v) is 14.3. The SMILES string of the molecule is C[C@H](NC(=O)c1cccs1)C(=O)NCCNc1cccc(F)c1C#N. The van der Waals surface area contributed by atoms with E-state index in [4.69, 9.17) is 5.26 Å². The van der Waals surface area contributed by atoms with Gasteiger partial charge in [0.1, 0.15) is 23.5 Å². The van der Waals surface area contributed by atoms with Crippen LogP contribution in [0.3, 0.4) is 0 Å². The maximum Gasteiger partial charge on any atom is 0.261 e. The van der Waals surface area contributed by atoms with Crippen molar-refractivity contribution in [3.63, 3.8) is 0 Å². The van der Waals surface area contributed by atoms with Crippen LogP contribution in [0, 0.1) is 17.1 Å². The van der Waals surface area contributed by atoms with E-state index in [1.807, 2.05) is 0 Å². The number of amides is 2. The molecular formula is C17H17FN4O2S. The van der Waals surface area contributed by atoms with Crippen molar-refractivity contribution >= 4 is 28.8 Å². The first-order valence-corrected chi connectivity index (χ1v) is 8.45. The van der Waals surface area contributed by atoms with Gasteiger partial charge in [0.2, 0.25) is 5.91 Å². The molecule has 0 spiro atoms. The van der Waals surface area contributed by atoms with Crippen LogP contribution in [0.15, 0.2) is 35.7 Å². The molecule has 8 heteroatoms. The molecule has 1 atom stereocenters. The fourth-order valence-corrected chi connectivity index (χ4v) is 2.69. The molecule has 0 bridgehead atoms. The molecule has 130 valence electrons. The highest BCUT2D eigenvalue weighted by Gasteiger charge is 2.16. The van der Waals surface area contributed by atoms with E-state index < -0.39 is 11.9 Å². The van der Waals surface area contributed by atoms with Gasteiger partial charge >= 0.3 is 0 Å². The highest BCUT2D eigenvalue weighted by Crippen LogP contribution is 2.17. The fraction of sp³-hybridized carbons (Fsp3) is 0.235. The first kappa shape index (κ1) is 18.4. The first-order valence-electron chi connectivity index (χ1n) is 7.57. The summed E-state index contributed by atoms with van der Waals surface area (Å²) >= 11 is 1.30. The van der Waals surface area contributed by atoms with Gasteiger partial charge in [-0.3, -0.25) is 9.59 Å². The second-order valence-electron chi connectivity index (χ2n) is 5.16. The number of rotatable bonds is 7.